The lowest BCUT2D eigenvalue weighted by Crippen LogP contribution is -2.58. The number of carbonyl (C=O) groups excluding carboxylic acids is 4. The quantitative estimate of drug-likeness (QED) is 0.342. The molecule has 0 bridgehead atoms. The van der Waals surface area contributed by atoms with Gasteiger partial charge in [-0.25, -0.2) is 4.39 Å². The first-order valence-corrected chi connectivity index (χ1v) is 14.2. The Balaban J connectivity index is 1.51. The van der Waals surface area contributed by atoms with Crippen molar-refractivity contribution in [1.29, 1.82) is 0 Å². The summed E-state index contributed by atoms with van der Waals surface area (Å²) in [6.07, 6.45) is 1.90. The molecule has 2 aliphatic heterocycles. The Morgan fingerprint density at radius 2 is 1.90 bits per heavy atom. The Labute approximate surface area is 240 Å². The minimum atomic E-state index is -0.900. The normalized spacial score (nSPS) is 19.1. The molecule has 9 nitrogen and oxygen atoms in total. The number of nitrogens with one attached hydrogen (secondary N) is 3. The van der Waals surface area contributed by atoms with E-state index in [1.807, 2.05) is 63.2 Å². The minimum Gasteiger partial charge on any atom is -0.369 e. The number of anilines is 1. The van der Waals surface area contributed by atoms with Crippen molar-refractivity contribution in [3.05, 3.63) is 64.7 Å². The number of ether oxygens (including phenoxy) is 1. The molecule has 220 valence electrons. The molecule has 0 fully saturated rings. The molecular formula is C31H39FN4O5. The standard InChI is InChI=1S/C31H39FN4O5/c1-4-20(3)27(35-26(37)18-41-14-13-32)30(39)34-24-12-11-22-9-6-10-23-16-25(36(28(22)23)31(24)40)29(38)33-17-21-8-5-7-19(2)15-21/h5-10,15,20,24-25,27H,4,11-14,16-18H2,1-3H3,(H,33,38)(H,34,39)(H,35,37)/t20-,24-,25-,27-/m0/s1. The van der Waals surface area contributed by atoms with Crippen LogP contribution in [0.4, 0.5) is 10.1 Å². The van der Waals surface area contributed by atoms with Crippen molar-refractivity contribution >= 4 is 29.3 Å². The summed E-state index contributed by atoms with van der Waals surface area (Å²) in [5.41, 5.74) is 4.70. The van der Waals surface area contributed by atoms with Crippen LogP contribution in [0, 0.1) is 12.8 Å². The highest BCUT2D eigenvalue weighted by atomic mass is 19.1. The van der Waals surface area contributed by atoms with Gasteiger partial charge in [0.1, 0.15) is 31.4 Å². The summed E-state index contributed by atoms with van der Waals surface area (Å²) in [6.45, 7) is 4.78. The van der Waals surface area contributed by atoms with Crippen LogP contribution in [0.5, 0.6) is 0 Å². The first-order valence-electron chi connectivity index (χ1n) is 14.2. The van der Waals surface area contributed by atoms with Crippen molar-refractivity contribution in [2.45, 2.75) is 71.1 Å². The van der Waals surface area contributed by atoms with Gasteiger partial charge in [-0.05, 0) is 42.4 Å². The van der Waals surface area contributed by atoms with Crippen LogP contribution in [-0.2, 0) is 43.3 Å². The number of hydrogen-bond acceptors (Lipinski definition) is 5. The van der Waals surface area contributed by atoms with Gasteiger partial charge < -0.3 is 20.7 Å². The van der Waals surface area contributed by atoms with Crippen molar-refractivity contribution in [1.82, 2.24) is 16.0 Å². The molecule has 0 saturated heterocycles. The summed E-state index contributed by atoms with van der Waals surface area (Å²) in [6, 6.07) is 11.2. The topological polar surface area (TPSA) is 117 Å². The molecule has 4 rings (SSSR count). The Bertz CT molecular complexity index is 1280. The summed E-state index contributed by atoms with van der Waals surface area (Å²) >= 11 is 0. The molecule has 2 aromatic carbocycles. The number of hydrogen-bond donors (Lipinski definition) is 3. The van der Waals surface area contributed by atoms with E-state index in [2.05, 4.69) is 16.0 Å². The summed E-state index contributed by atoms with van der Waals surface area (Å²) in [4.78, 5) is 54.8. The van der Waals surface area contributed by atoms with E-state index in [4.69, 9.17) is 4.74 Å². The first-order chi connectivity index (χ1) is 19.7. The predicted molar refractivity (Wildman–Crippen MR) is 153 cm³/mol. The van der Waals surface area contributed by atoms with Crippen LogP contribution in [0.15, 0.2) is 42.5 Å². The van der Waals surface area contributed by atoms with Gasteiger partial charge in [0, 0.05) is 13.0 Å². The lowest BCUT2D eigenvalue weighted by atomic mass is 9.97. The molecule has 10 heteroatoms. The fraction of sp³-hybridized carbons (Fsp3) is 0.484. The van der Waals surface area contributed by atoms with Gasteiger partial charge in [-0.15, -0.1) is 0 Å². The summed E-state index contributed by atoms with van der Waals surface area (Å²) in [5, 5.41) is 8.53. The highest BCUT2D eigenvalue weighted by Gasteiger charge is 2.44. The second kappa shape index (κ2) is 13.7. The van der Waals surface area contributed by atoms with Crippen LogP contribution < -0.4 is 20.9 Å². The fourth-order valence-corrected chi connectivity index (χ4v) is 5.50. The predicted octanol–water partition coefficient (Wildman–Crippen LogP) is 2.52. The van der Waals surface area contributed by atoms with Crippen LogP contribution in [0.3, 0.4) is 0 Å². The molecule has 0 aliphatic carbocycles. The van der Waals surface area contributed by atoms with Crippen molar-refractivity contribution in [3.8, 4) is 0 Å². The third kappa shape index (κ3) is 7.11. The maximum atomic E-state index is 14.0. The third-order valence-corrected chi connectivity index (χ3v) is 7.84. The maximum absolute atomic E-state index is 14.0. The molecule has 2 aliphatic rings. The highest BCUT2D eigenvalue weighted by Crippen LogP contribution is 2.39. The Hall–Kier alpha value is -3.79. The van der Waals surface area contributed by atoms with Crippen molar-refractivity contribution < 1.29 is 28.3 Å². The number of aryl methyl sites for hydroxylation is 2. The Morgan fingerprint density at radius 3 is 2.63 bits per heavy atom. The molecule has 4 atom stereocenters. The van der Waals surface area contributed by atoms with Gasteiger partial charge >= 0.3 is 0 Å². The van der Waals surface area contributed by atoms with Crippen LogP contribution in [0.1, 0.15) is 48.9 Å². The lowest BCUT2D eigenvalue weighted by molar-refractivity contribution is -0.134. The number of halogens is 1. The minimum absolute atomic E-state index is 0.206. The summed E-state index contributed by atoms with van der Waals surface area (Å²) in [5.74, 6) is -1.85. The van der Waals surface area contributed by atoms with E-state index >= 15 is 0 Å². The van der Waals surface area contributed by atoms with Gasteiger partial charge in [-0.1, -0.05) is 68.3 Å². The van der Waals surface area contributed by atoms with E-state index in [0.29, 0.717) is 32.2 Å². The largest absolute Gasteiger partial charge is 0.369 e. The molecule has 2 heterocycles. The Morgan fingerprint density at radius 1 is 1.15 bits per heavy atom. The first kappa shape index (κ1) is 30.2. The average molecular weight is 567 g/mol. The van der Waals surface area contributed by atoms with Crippen molar-refractivity contribution in [2.24, 2.45) is 5.92 Å². The fourth-order valence-electron chi connectivity index (χ4n) is 5.50. The SMILES string of the molecule is CC[C@H](C)[C@H](NC(=O)COCCF)C(=O)N[C@H]1CCc2cccc3c2N(C1=O)[C@H](C(=O)NCc1cccc(C)c1)C3. The summed E-state index contributed by atoms with van der Waals surface area (Å²) in [7, 11) is 0. The van der Waals surface area contributed by atoms with Gasteiger partial charge in [0.15, 0.2) is 0 Å². The van der Waals surface area contributed by atoms with Gasteiger partial charge in [0.05, 0.1) is 12.3 Å². The van der Waals surface area contributed by atoms with E-state index in [-0.39, 0.29) is 30.9 Å². The van der Waals surface area contributed by atoms with Crippen LogP contribution in [0.25, 0.3) is 0 Å². The molecule has 0 saturated carbocycles. The number of nitrogens with zero attached hydrogens (tertiary/aromatic N) is 1. The highest BCUT2D eigenvalue weighted by molar-refractivity contribution is 6.08. The number of para-hydroxylation sites is 1. The number of alkyl halides is 1. The third-order valence-electron chi connectivity index (χ3n) is 7.84. The van der Waals surface area contributed by atoms with E-state index in [1.54, 1.807) is 4.90 Å². The van der Waals surface area contributed by atoms with Gasteiger partial charge in [0.25, 0.3) is 0 Å². The molecule has 4 amide bonds. The molecule has 0 radical (unpaired) electrons. The molecule has 0 aromatic heterocycles. The maximum Gasteiger partial charge on any atom is 0.250 e. The Kier molecular flexibility index (Phi) is 10.1. The number of rotatable bonds is 12. The second-order valence-corrected chi connectivity index (χ2v) is 10.8. The molecular weight excluding hydrogens is 527 g/mol. The van der Waals surface area contributed by atoms with E-state index < -0.39 is 36.6 Å². The zero-order valence-electron chi connectivity index (χ0n) is 23.9. The summed E-state index contributed by atoms with van der Waals surface area (Å²) < 4.78 is 17.3. The monoisotopic (exact) mass is 566 g/mol. The van der Waals surface area contributed by atoms with Crippen LogP contribution in [0.2, 0.25) is 0 Å². The lowest BCUT2D eigenvalue weighted by Gasteiger charge is -2.30. The molecule has 2 aromatic rings. The van der Waals surface area contributed by atoms with Gasteiger partial charge in [-0.2, -0.15) is 0 Å². The van der Waals surface area contributed by atoms with Crippen molar-refractivity contribution in [3.63, 3.8) is 0 Å². The average Bonchev–Trinajstić information content (AvgIpc) is 3.30. The van der Waals surface area contributed by atoms with Crippen LogP contribution >= 0.6 is 0 Å². The number of benzene rings is 2. The van der Waals surface area contributed by atoms with Crippen molar-refractivity contribution in [2.75, 3.05) is 24.8 Å². The molecule has 3 N–H and O–H groups in total. The van der Waals surface area contributed by atoms with E-state index in [1.165, 1.54) is 0 Å². The number of amides is 4. The molecule has 0 spiro atoms. The molecule has 0 unspecified atom stereocenters. The second-order valence-electron chi connectivity index (χ2n) is 10.8. The zero-order valence-corrected chi connectivity index (χ0v) is 23.9. The molecule has 41 heavy (non-hydrogen) atoms. The smallest absolute Gasteiger partial charge is 0.250 e. The van der Waals surface area contributed by atoms with Gasteiger partial charge in [-0.3, -0.25) is 24.1 Å². The van der Waals surface area contributed by atoms with Crippen LogP contribution in [-0.4, -0.2) is 61.6 Å². The number of carbonyl (C=O) groups is 4. The van der Waals surface area contributed by atoms with Gasteiger partial charge in [0.2, 0.25) is 23.6 Å². The van der Waals surface area contributed by atoms with E-state index in [0.717, 1.165) is 27.9 Å². The van der Waals surface area contributed by atoms with E-state index in [9.17, 15) is 23.6 Å². The zero-order chi connectivity index (χ0) is 29.5.